The Morgan fingerprint density at radius 2 is 2.00 bits per heavy atom. The summed E-state index contributed by atoms with van der Waals surface area (Å²) >= 11 is 1.53. The van der Waals surface area contributed by atoms with Crippen molar-refractivity contribution in [2.24, 2.45) is 0 Å². The summed E-state index contributed by atoms with van der Waals surface area (Å²) in [5, 5.41) is 0.590. The van der Waals surface area contributed by atoms with Crippen LogP contribution >= 0.6 is 11.3 Å². The standard InChI is InChI=1S/C15H23N3O3S/c1-20-15(19)13-11-2-3-18(10-12(11)22-14(13)16)5-4-17-6-8-21-9-7-17/h2-10,16H2,1H3. The zero-order valence-corrected chi connectivity index (χ0v) is 13.8. The van der Waals surface area contributed by atoms with Crippen molar-refractivity contribution in [1.82, 2.24) is 9.80 Å². The molecule has 6 nitrogen and oxygen atoms in total. The molecule has 1 aromatic rings. The van der Waals surface area contributed by atoms with Gasteiger partial charge in [-0.2, -0.15) is 0 Å². The maximum Gasteiger partial charge on any atom is 0.341 e. The lowest BCUT2D eigenvalue weighted by molar-refractivity contribution is 0.0327. The molecule has 1 fully saturated rings. The maximum absolute atomic E-state index is 11.9. The fourth-order valence-electron chi connectivity index (χ4n) is 3.10. The second-order valence-electron chi connectivity index (χ2n) is 5.71. The van der Waals surface area contributed by atoms with Gasteiger partial charge in [0, 0.05) is 44.1 Å². The Bertz CT molecular complexity index is 540. The van der Waals surface area contributed by atoms with Crippen LogP contribution in [0.4, 0.5) is 5.00 Å². The Kier molecular flexibility index (Phi) is 4.97. The Hall–Kier alpha value is -1.15. The van der Waals surface area contributed by atoms with Gasteiger partial charge in [-0.05, 0) is 12.0 Å². The first-order valence-electron chi connectivity index (χ1n) is 7.70. The number of carbonyl (C=O) groups is 1. The number of ether oxygens (including phenoxy) is 2. The molecule has 3 heterocycles. The average molecular weight is 325 g/mol. The number of hydrogen-bond acceptors (Lipinski definition) is 7. The first kappa shape index (κ1) is 15.7. The quantitative estimate of drug-likeness (QED) is 0.826. The molecule has 2 aliphatic rings. The highest BCUT2D eigenvalue weighted by Gasteiger charge is 2.27. The molecular weight excluding hydrogens is 302 g/mol. The number of methoxy groups -OCH3 is 1. The lowest BCUT2D eigenvalue weighted by Gasteiger charge is -2.31. The summed E-state index contributed by atoms with van der Waals surface area (Å²) in [7, 11) is 1.41. The summed E-state index contributed by atoms with van der Waals surface area (Å²) in [6, 6.07) is 0. The van der Waals surface area contributed by atoms with Crippen LogP contribution in [0.3, 0.4) is 0 Å². The van der Waals surface area contributed by atoms with Gasteiger partial charge in [-0.3, -0.25) is 9.80 Å². The normalized spacial score (nSPS) is 19.9. The molecule has 0 aromatic carbocycles. The van der Waals surface area contributed by atoms with Gasteiger partial charge in [0.15, 0.2) is 0 Å². The zero-order valence-electron chi connectivity index (χ0n) is 13.0. The zero-order chi connectivity index (χ0) is 15.5. The van der Waals surface area contributed by atoms with Gasteiger partial charge in [0.25, 0.3) is 0 Å². The van der Waals surface area contributed by atoms with Crippen LogP contribution in [0.2, 0.25) is 0 Å². The largest absolute Gasteiger partial charge is 0.465 e. The third-order valence-corrected chi connectivity index (χ3v) is 5.43. The van der Waals surface area contributed by atoms with Crippen LogP contribution < -0.4 is 5.73 Å². The Balaban J connectivity index is 1.60. The lowest BCUT2D eigenvalue weighted by atomic mass is 10.0. The molecule has 1 aromatic heterocycles. The third kappa shape index (κ3) is 3.27. The fraction of sp³-hybridized carbons (Fsp3) is 0.667. The SMILES string of the molecule is COC(=O)c1c(N)sc2c1CCN(CCN1CCOCC1)C2. The highest BCUT2D eigenvalue weighted by molar-refractivity contribution is 7.16. The molecule has 0 unspecified atom stereocenters. The molecule has 1 saturated heterocycles. The van der Waals surface area contributed by atoms with Crippen LogP contribution in [-0.4, -0.2) is 68.8 Å². The van der Waals surface area contributed by atoms with Crippen molar-refractivity contribution in [3.05, 3.63) is 16.0 Å². The van der Waals surface area contributed by atoms with Crippen molar-refractivity contribution < 1.29 is 14.3 Å². The summed E-state index contributed by atoms with van der Waals surface area (Å²) in [5.74, 6) is -0.309. The summed E-state index contributed by atoms with van der Waals surface area (Å²) in [6.45, 7) is 7.70. The number of anilines is 1. The van der Waals surface area contributed by atoms with Crippen molar-refractivity contribution in [2.45, 2.75) is 13.0 Å². The number of hydrogen-bond donors (Lipinski definition) is 1. The molecule has 2 aliphatic heterocycles. The minimum atomic E-state index is -0.309. The number of esters is 1. The average Bonchev–Trinajstić information content (AvgIpc) is 2.88. The fourth-order valence-corrected chi connectivity index (χ4v) is 4.25. The second-order valence-corrected chi connectivity index (χ2v) is 6.85. The van der Waals surface area contributed by atoms with E-state index in [0.717, 1.165) is 64.5 Å². The van der Waals surface area contributed by atoms with Gasteiger partial charge in [-0.25, -0.2) is 4.79 Å². The van der Waals surface area contributed by atoms with Gasteiger partial charge in [0.1, 0.15) is 5.00 Å². The van der Waals surface area contributed by atoms with Gasteiger partial charge in [0.05, 0.1) is 25.9 Å². The molecule has 0 aliphatic carbocycles. The maximum atomic E-state index is 11.9. The molecule has 0 saturated carbocycles. The topological polar surface area (TPSA) is 68.0 Å². The van der Waals surface area contributed by atoms with Crippen molar-refractivity contribution in [2.75, 3.05) is 58.8 Å². The Morgan fingerprint density at radius 1 is 1.27 bits per heavy atom. The van der Waals surface area contributed by atoms with Crippen LogP contribution in [0, 0.1) is 0 Å². The number of nitrogens with two attached hydrogens (primary N) is 1. The van der Waals surface area contributed by atoms with E-state index in [0.29, 0.717) is 10.6 Å². The van der Waals surface area contributed by atoms with E-state index in [1.54, 1.807) is 0 Å². The monoisotopic (exact) mass is 325 g/mol. The van der Waals surface area contributed by atoms with Crippen LogP contribution in [0.5, 0.6) is 0 Å². The van der Waals surface area contributed by atoms with Crippen molar-refractivity contribution in [3.63, 3.8) is 0 Å². The molecule has 0 bridgehead atoms. The molecule has 122 valence electrons. The molecule has 2 N–H and O–H groups in total. The molecule has 7 heteroatoms. The predicted molar refractivity (Wildman–Crippen MR) is 86.3 cm³/mol. The van der Waals surface area contributed by atoms with E-state index >= 15 is 0 Å². The summed E-state index contributed by atoms with van der Waals surface area (Å²) in [6.07, 6.45) is 0.872. The van der Waals surface area contributed by atoms with E-state index in [-0.39, 0.29) is 5.97 Å². The lowest BCUT2D eigenvalue weighted by Crippen LogP contribution is -2.42. The number of fused-ring (bicyclic) bond motifs is 1. The molecule has 22 heavy (non-hydrogen) atoms. The number of nitrogen functional groups attached to an aromatic ring is 1. The number of morpholine rings is 1. The van der Waals surface area contributed by atoms with Gasteiger partial charge < -0.3 is 15.2 Å². The predicted octanol–water partition coefficient (Wildman–Crippen LogP) is 0.807. The number of thiophene rings is 1. The molecule has 0 amide bonds. The van der Waals surface area contributed by atoms with Gasteiger partial charge in [0.2, 0.25) is 0 Å². The minimum absolute atomic E-state index is 0.309. The van der Waals surface area contributed by atoms with E-state index in [2.05, 4.69) is 9.80 Å². The van der Waals surface area contributed by atoms with Crippen LogP contribution in [0.15, 0.2) is 0 Å². The summed E-state index contributed by atoms with van der Waals surface area (Å²) in [5.41, 5.74) is 7.70. The highest BCUT2D eigenvalue weighted by atomic mass is 32.1. The van der Waals surface area contributed by atoms with E-state index in [1.807, 2.05) is 0 Å². The van der Waals surface area contributed by atoms with Gasteiger partial charge in [-0.1, -0.05) is 0 Å². The first-order valence-corrected chi connectivity index (χ1v) is 8.51. The summed E-state index contributed by atoms with van der Waals surface area (Å²) in [4.78, 5) is 18.0. The van der Waals surface area contributed by atoms with Gasteiger partial charge >= 0.3 is 5.97 Å². The number of carbonyl (C=O) groups excluding carboxylic acids is 1. The number of rotatable bonds is 4. The van der Waals surface area contributed by atoms with E-state index in [9.17, 15) is 4.79 Å². The van der Waals surface area contributed by atoms with Crippen molar-refractivity contribution in [1.29, 1.82) is 0 Å². The Labute approximate surface area is 134 Å². The number of nitrogens with zero attached hydrogens (tertiary/aromatic N) is 2. The second kappa shape index (κ2) is 6.95. The highest BCUT2D eigenvalue weighted by Crippen LogP contribution is 2.35. The van der Waals surface area contributed by atoms with Crippen LogP contribution in [0.25, 0.3) is 0 Å². The van der Waals surface area contributed by atoms with E-state index in [4.69, 9.17) is 15.2 Å². The van der Waals surface area contributed by atoms with Gasteiger partial charge in [-0.15, -0.1) is 11.3 Å². The molecule has 0 radical (unpaired) electrons. The Morgan fingerprint density at radius 3 is 2.73 bits per heavy atom. The first-order chi connectivity index (χ1) is 10.7. The molecular formula is C15H23N3O3S. The van der Waals surface area contributed by atoms with E-state index in [1.165, 1.54) is 23.3 Å². The minimum Gasteiger partial charge on any atom is -0.465 e. The molecule has 0 spiro atoms. The van der Waals surface area contributed by atoms with Crippen molar-refractivity contribution >= 4 is 22.3 Å². The van der Waals surface area contributed by atoms with Crippen molar-refractivity contribution in [3.8, 4) is 0 Å². The third-order valence-electron chi connectivity index (χ3n) is 4.39. The molecule has 0 atom stereocenters. The smallest absolute Gasteiger partial charge is 0.341 e. The molecule has 3 rings (SSSR count). The van der Waals surface area contributed by atoms with Crippen LogP contribution in [0.1, 0.15) is 20.8 Å². The van der Waals surface area contributed by atoms with Crippen LogP contribution in [-0.2, 0) is 22.4 Å². The summed E-state index contributed by atoms with van der Waals surface area (Å²) < 4.78 is 10.2. The van der Waals surface area contributed by atoms with E-state index < -0.39 is 0 Å².